The molecule has 0 unspecified atom stereocenters. The third kappa shape index (κ3) is 3.94. The molecule has 1 spiro atoms. The van der Waals surface area contributed by atoms with Crippen LogP contribution in [0.5, 0.6) is 0 Å². The van der Waals surface area contributed by atoms with Crippen molar-refractivity contribution in [2.45, 2.75) is 97.2 Å². The average molecular weight is 412 g/mol. The molecular weight excluding hydrogens is 378 g/mol. The SMILES string of the molecule is CC(C)N(c1nc(Cl)nc(N2C(C)(C)CC3(CC2(C)C)OCCO3)n1)C(C)C. The highest BCUT2D eigenvalue weighted by Gasteiger charge is 2.56. The van der Waals surface area contributed by atoms with Crippen molar-refractivity contribution in [2.75, 3.05) is 23.0 Å². The van der Waals surface area contributed by atoms with E-state index in [1.165, 1.54) is 0 Å². The number of halogens is 1. The third-order valence-electron chi connectivity index (χ3n) is 5.56. The van der Waals surface area contributed by atoms with Crippen LogP contribution in [-0.4, -0.2) is 57.1 Å². The predicted octanol–water partition coefficient (Wildman–Crippen LogP) is 4.05. The molecule has 0 bridgehead atoms. The quantitative estimate of drug-likeness (QED) is 0.740. The summed E-state index contributed by atoms with van der Waals surface area (Å²) in [7, 11) is 0. The van der Waals surface area contributed by atoms with Crippen molar-refractivity contribution in [3.63, 3.8) is 0 Å². The summed E-state index contributed by atoms with van der Waals surface area (Å²) in [6, 6.07) is 0.495. The van der Waals surface area contributed by atoms with Crippen LogP contribution in [0.4, 0.5) is 11.9 Å². The molecule has 3 heterocycles. The Hall–Kier alpha value is -1.18. The molecule has 0 radical (unpaired) electrons. The van der Waals surface area contributed by atoms with E-state index in [2.05, 4.69) is 75.2 Å². The number of aromatic nitrogens is 3. The molecule has 0 amide bonds. The standard InChI is InChI=1S/C20H34ClN5O2/c1-13(2)25(14(3)4)16-22-15(21)23-17(24-16)26-18(5,6)11-20(12-19(26,7)8)27-9-10-28-20/h13-14H,9-12H2,1-8H3. The van der Waals surface area contributed by atoms with Crippen molar-refractivity contribution in [1.29, 1.82) is 0 Å². The van der Waals surface area contributed by atoms with Crippen molar-refractivity contribution < 1.29 is 9.47 Å². The fraction of sp³-hybridized carbons (Fsp3) is 0.850. The largest absolute Gasteiger partial charge is 0.347 e. The fourth-order valence-electron chi connectivity index (χ4n) is 5.20. The Morgan fingerprint density at radius 1 is 0.893 bits per heavy atom. The highest BCUT2D eigenvalue weighted by Crippen LogP contribution is 2.48. The Labute approximate surface area is 173 Å². The second-order valence-electron chi connectivity index (χ2n) is 9.72. The van der Waals surface area contributed by atoms with Gasteiger partial charge in [-0.3, -0.25) is 0 Å². The van der Waals surface area contributed by atoms with Gasteiger partial charge in [0, 0.05) is 36.0 Å². The first-order valence-electron chi connectivity index (χ1n) is 10.2. The van der Waals surface area contributed by atoms with Crippen LogP contribution in [-0.2, 0) is 9.47 Å². The summed E-state index contributed by atoms with van der Waals surface area (Å²) in [5.74, 6) is 0.676. The summed E-state index contributed by atoms with van der Waals surface area (Å²) >= 11 is 6.36. The first-order valence-corrected chi connectivity index (χ1v) is 10.5. The van der Waals surface area contributed by atoms with Crippen molar-refractivity contribution in [3.05, 3.63) is 5.28 Å². The van der Waals surface area contributed by atoms with Crippen molar-refractivity contribution in [1.82, 2.24) is 15.0 Å². The number of rotatable bonds is 4. The fourth-order valence-corrected chi connectivity index (χ4v) is 5.36. The minimum Gasteiger partial charge on any atom is -0.347 e. The Balaban J connectivity index is 2.04. The van der Waals surface area contributed by atoms with Crippen LogP contribution in [0.1, 0.15) is 68.2 Å². The molecule has 0 N–H and O–H groups in total. The number of nitrogens with zero attached hydrogens (tertiary/aromatic N) is 5. The summed E-state index contributed by atoms with van der Waals surface area (Å²) in [6.45, 7) is 18.5. The molecule has 158 valence electrons. The van der Waals surface area contributed by atoms with Crippen molar-refractivity contribution in [3.8, 4) is 0 Å². The van der Waals surface area contributed by atoms with Crippen LogP contribution in [0.15, 0.2) is 0 Å². The van der Waals surface area contributed by atoms with Gasteiger partial charge in [0.1, 0.15) is 0 Å². The Morgan fingerprint density at radius 3 is 1.86 bits per heavy atom. The number of ether oxygens (including phenoxy) is 2. The molecule has 2 aliphatic heterocycles. The Kier molecular flexibility index (Phi) is 5.58. The Bertz CT molecular complexity index is 689. The van der Waals surface area contributed by atoms with Gasteiger partial charge in [-0.25, -0.2) is 0 Å². The summed E-state index contributed by atoms with van der Waals surface area (Å²) < 4.78 is 12.1. The molecule has 0 saturated carbocycles. The third-order valence-corrected chi connectivity index (χ3v) is 5.73. The van der Waals surface area contributed by atoms with Gasteiger partial charge < -0.3 is 19.3 Å². The van der Waals surface area contributed by atoms with Gasteiger partial charge in [-0.05, 0) is 67.0 Å². The first kappa shape index (κ1) is 21.5. The second kappa shape index (κ2) is 7.26. The Morgan fingerprint density at radius 2 is 1.39 bits per heavy atom. The zero-order chi connectivity index (χ0) is 20.9. The van der Waals surface area contributed by atoms with Crippen LogP contribution >= 0.6 is 11.6 Å². The van der Waals surface area contributed by atoms with Crippen LogP contribution in [0.25, 0.3) is 0 Å². The van der Waals surface area contributed by atoms with Crippen LogP contribution in [0.2, 0.25) is 5.28 Å². The second-order valence-corrected chi connectivity index (χ2v) is 10.1. The monoisotopic (exact) mass is 411 g/mol. The molecule has 1 aromatic heterocycles. The summed E-state index contributed by atoms with van der Waals surface area (Å²) in [6.07, 6.45) is 1.47. The summed E-state index contributed by atoms with van der Waals surface area (Å²) in [5.41, 5.74) is -0.566. The highest BCUT2D eigenvalue weighted by atomic mass is 35.5. The van der Waals surface area contributed by atoms with E-state index in [9.17, 15) is 0 Å². The van der Waals surface area contributed by atoms with E-state index in [1.54, 1.807) is 0 Å². The molecule has 0 aliphatic carbocycles. The van der Waals surface area contributed by atoms with Crippen LogP contribution in [0.3, 0.4) is 0 Å². The highest BCUT2D eigenvalue weighted by molar-refractivity contribution is 6.28. The van der Waals surface area contributed by atoms with E-state index in [1.807, 2.05) is 0 Å². The van der Waals surface area contributed by atoms with E-state index < -0.39 is 5.79 Å². The van der Waals surface area contributed by atoms with Crippen molar-refractivity contribution in [2.24, 2.45) is 0 Å². The van der Waals surface area contributed by atoms with Crippen LogP contribution in [0, 0.1) is 0 Å². The molecule has 2 saturated heterocycles. The number of hydrogen-bond acceptors (Lipinski definition) is 7. The maximum absolute atomic E-state index is 6.36. The zero-order valence-corrected chi connectivity index (χ0v) is 19.2. The minimum absolute atomic E-state index is 0.214. The maximum Gasteiger partial charge on any atom is 0.232 e. The molecule has 0 aromatic carbocycles. The lowest BCUT2D eigenvalue weighted by Crippen LogP contribution is -2.66. The molecule has 1 aromatic rings. The van der Waals surface area contributed by atoms with Gasteiger partial charge in [-0.2, -0.15) is 15.0 Å². The minimum atomic E-state index is -0.537. The lowest BCUT2D eigenvalue weighted by atomic mass is 9.76. The smallest absolute Gasteiger partial charge is 0.232 e. The maximum atomic E-state index is 6.36. The topological polar surface area (TPSA) is 63.6 Å². The number of piperidine rings is 1. The zero-order valence-electron chi connectivity index (χ0n) is 18.4. The molecule has 28 heavy (non-hydrogen) atoms. The normalized spacial score (nSPS) is 23.0. The van der Waals surface area contributed by atoms with Crippen molar-refractivity contribution >= 4 is 23.5 Å². The van der Waals surface area contributed by atoms with Gasteiger partial charge in [-0.1, -0.05) is 0 Å². The molecule has 8 heteroatoms. The number of anilines is 2. The van der Waals surface area contributed by atoms with Crippen LogP contribution < -0.4 is 9.80 Å². The molecule has 7 nitrogen and oxygen atoms in total. The van der Waals surface area contributed by atoms with E-state index in [0.29, 0.717) is 25.1 Å². The van der Waals surface area contributed by atoms with Gasteiger partial charge >= 0.3 is 0 Å². The molecule has 2 aliphatic rings. The van der Waals surface area contributed by atoms with E-state index in [4.69, 9.17) is 26.1 Å². The lowest BCUT2D eigenvalue weighted by Gasteiger charge is -2.57. The lowest BCUT2D eigenvalue weighted by molar-refractivity contribution is -0.198. The van der Waals surface area contributed by atoms with E-state index in [-0.39, 0.29) is 28.4 Å². The summed E-state index contributed by atoms with van der Waals surface area (Å²) in [4.78, 5) is 18.2. The van der Waals surface area contributed by atoms with Gasteiger partial charge in [-0.15, -0.1) is 0 Å². The van der Waals surface area contributed by atoms with E-state index in [0.717, 1.165) is 12.8 Å². The molecule has 2 fully saturated rings. The number of hydrogen-bond donors (Lipinski definition) is 0. The summed E-state index contributed by atoms with van der Waals surface area (Å²) in [5, 5.41) is 0.214. The first-order chi connectivity index (χ1) is 12.9. The van der Waals surface area contributed by atoms with Gasteiger partial charge in [0.05, 0.1) is 13.2 Å². The molecular formula is C20H34ClN5O2. The average Bonchev–Trinajstić information content (AvgIpc) is 2.89. The molecule has 0 atom stereocenters. The van der Waals surface area contributed by atoms with Gasteiger partial charge in [0.15, 0.2) is 5.79 Å². The molecule has 3 rings (SSSR count). The predicted molar refractivity (Wildman–Crippen MR) is 112 cm³/mol. The van der Waals surface area contributed by atoms with Gasteiger partial charge in [0.25, 0.3) is 0 Å². The van der Waals surface area contributed by atoms with E-state index >= 15 is 0 Å². The van der Waals surface area contributed by atoms with Gasteiger partial charge in [0.2, 0.25) is 17.2 Å².